The zero-order chi connectivity index (χ0) is 14.3. The number of nitrogens with one attached hydrogen (secondary N) is 1. The van der Waals surface area contributed by atoms with Gasteiger partial charge in [0.05, 0.1) is 0 Å². The highest BCUT2D eigenvalue weighted by Gasteiger charge is 2.32. The van der Waals surface area contributed by atoms with E-state index in [4.69, 9.17) is 0 Å². The van der Waals surface area contributed by atoms with Gasteiger partial charge >= 0.3 is 0 Å². The fraction of sp³-hybridized carbons (Fsp3) is 1.00. The van der Waals surface area contributed by atoms with Crippen LogP contribution in [0.25, 0.3) is 0 Å². The van der Waals surface area contributed by atoms with Gasteiger partial charge in [0.25, 0.3) is 0 Å². The summed E-state index contributed by atoms with van der Waals surface area (Å²) >= 11 is 0. The fourth-order valence-electron chi connectivity index (χ4n) is 3.52. The average Bonchev–Trinajstić information content (AvgIpc) is 2.44. The molecule has 19 heavy (non-hydrogen) atoms. The van der Waals surface area contributed by atoms with E-state index in [2.05, 4.69) is 39.9 Å². The standard InChI is InChI=1S/C18H37N/c1-6-9-10-16(7-2)19-17-13-11-15(12-14-17)18(4,5)8-3/h15-17,19H,6-14H2,1-5H3. The summed E-state index contributed by atoms with van der Waals surface area (Å²) in [7, 11) is 0. The van der Waals surface area contributed by atoms with Crippen LogP contribution in [0.15, 0.2) is 0 Å². The Bertz CT molecular complexity index is 226. The molecule has 1 N–H and O–H groups in total. The second kappa shape index (κ2) is 8.29. The van der Waals surface area contributed by atoms with Crippen LogP contribution in [-0.4, -0.2) is 12.1 Å². The molecule has 0 radical (unpaired) electrons. The largest absolute Gasteiger partial charge is 0.311 e. The van der Waals surface area contributed by atoms with E-state index in [0.717, 1.165) is 18.0 Å². The number of hydrogen-bond donors (Lipinski definition) is 1. The van der Waals surface area contributed by atoms with Crippen molar-refractivity contribution in [1.29, 1.82) is 0 Å². The van der Waals surface area contributed by atoms with E-state index in [9.17, 15) is 0 Å². The van der Waals surface area contributed by atoms with Gasteiger partial charge in [0, 0.05) is 12.1 Å². The number of unbranched alkanes of at least 4 members (excludes halogenated alkanes) is 1. The summed E-state index contributed by atoms with van der Waals surface area (Å²) in [6.45, 7) is 11.9. The maximum atomic E-state index is 3.93. The van der Waals surface area contributed by atoms with Crippen LogP contribution in [-0.2, 0) is 0 Å². The van der Waals surface area contributed by atoms with Crippen molar-refractivity contribution in [2.24, 2.45) is 11.3 Å². The van der Waals surface area contributed by atoms with Crippen LogP contribution >= 0.6 is 0 Å². The molecule has 1 atom stereocenters. The molecule has 0 aromatic rings. The quantitative estimate of drug-likeness (QED) is 0.609. The first-order valence-corrected chi connectivity index (χ1v) is 8.79. The molecular formula is C18H37N. The highest BCUT2D eigenvalue weighted by molar-refractivity contribution is 4.86. The molecule has 1 saturated carbocycles. The molecule has 0 saturated heterocycles. The lowest BCUT2D eigenvalue weighted by atomic mass is 9.69. The number of rotatable bonds is 8. The van der Waals surface area contributed by atoms with Gasteiger partial charge in [0.15, 0.2) is 0 Å². The lowest BCUT2D eigenvalue weighted by Gasteiger charge is -2.40. The Morgan fingerprint density at radius 1 is 1.05 bits per heavy atom. The lowest BCUT2D eigenvalue weighted by molar-refractivity contribution is 0.133. The molecule has 0 aromatic carbocycles. The van der Waals surface area contributed by atoms with E-state index in [1.165, 1.54) is 57.8 Å². The van der Waals surface area contributed by atoms with Crippen LogP contribution < -0.4 is 5.32 Å². The van der Waals surface area contributed by atoms with Gasteiger partial charge in [0.2, 0.25) is 0 Å². The van der Waals surface area contributed by atoms with Gasteiger partial charge in [-0.15, -0.1) is 0 Å². The van der Waals surface area contributed by atoms with Crippen LogP contribution in [0.1, 0.15) is 92.4 Å². The molecule has 1 aliphatic rings. The van der Waals surface area contributed by atoms with Crippen molar-refractivity contribution in [3.63, 3.8) is 0 Å². The van der Waals surface area contributed by atoms with Crippen molar-refractivity contribution in [2.45, 2.75) is 104 Å². The monoisotopic (exact) mass is 267 g/mol. The SMILES string of the molecule is CCCCC(CC)NC1CCC(C(C)(C)CC)CC1. The summed E-state index contributed by atoms with van der Waals surface area (Å²) in [4.78, 5) is 0. The minimum absolute atomic E-state index is 0.553. The second-order valence-electron chi connectivity index (χ2n) is 7.30. The molecule has 0 bridgehead atoms. The highest BCUT2D eigenvalue weighted by atomic mass is 14.9. The average molecular weight is 268 g/mol. The minimum Gasteiger partial charge on any atom is -0.311 e. The van der Waals surface area contributed by atoms with Crippen LogP contribution in [0.3, 0.4) is 0 Å². The maximum absolute atomic E-state index is 3.93. The first-order valence-electron chi connectivity index (χ1n) is 8.79. The summed E-state index contributed by atoms with van der Waals surface area (Å²) in [5.74, 6) is 0.950. The zero-order valence-electron chi connectivity index (χ0n) is 14.1. The van der Waals surface area contributed by atoms with Crippen LogP contribution in [0.5, 0.6) is 0 Å². The van der Waals surface area contributed by atoms with Gasteiger partial charge in [-0.25, -0.2) is 0 Å². The lowest BCUT2D eigenvalue weighted by Crippen LogP contribution is -2.41. The fourth-order valence-corrected chi connectivity index (χ4v) is 3.52. The Labute approximate surface area is 121 Å². The second-order valence-corrected chi connectivity index (χ2v) is 7.30. The van der Waals surface area contributed by atoms with E-state index in [0.29, 0.717) is 5.41 Å². The zero-order valence-corrected chi connectivity index (χ0v) is 14.1. The van der Waals surface area contributed by atoms with Gasteiger partial charge in [-0.1, -0.05) is 53.9 Å². The molecule has 0 amide bonds. The number of hydrogen-bond acceptors (Lipinski definition) is 1. The molecule has 0 aromatic heterocycles. The summed E-state index contributed by atoms with van der Waals surface area (Å²) in [5.41, 5.74) is 0.553. The van der Waals surface area contributed by atoms with E-state index in [1.807, 2.05) is 0 Å². The third-order valence-corrected chi connectivity index (χ3v) is 5.61. The first-order chi connectivity index (χ1) is 9.03. The molecule has 0 heterocycles. The van der Waals surface area contributed by atoms with Crippen molar-refractivity contribution >= 4 is 0 Å². The molecule has 1 nitrogen and oxygen atoms in total. The van der Waals surface area contributed by atoms with Crippen molar-refractivity contribution in [2.75, 3.05) is 0 Å². The molecule has 1 fully saturated rings. The van der Waals surface area contributed by atoms with Gasteiger partial charge in [0.1, 0.15) is 0 Å². The molecule has 114 valence electrons. The molecule has 1 aliphatic carbocycles. The third-order valence-electron chi connectivity index (χ3n) is 5.61. The summed E-state index contributed by atoms with van der Waals surface area (Å²) in [6, 6.07) is 1.56. The van der Waals surface area contributed by atoms with E-state index in [1.54, 1.807) is 0 Å². The van der Waals surface area contributed by atoms with E-state index < -0.39 is 0 Å². The molecule has 1 heteroatoms. The van der Waals surface area contributed by atoms with E-state index >= 15 is 0 Å². The summed E-state index contributed by atoms with van der Waals surface area (Å²) in [6.07, 6.45) is 12.4. The predicted octanol–water partition coefficient (Wildman–Crippen LogP) is 5.54. The van der Waals surface area contributed by atoms with Gasteiger partial charge in [-0.3, -0.25) is 0 Å². The normalized spacial score (nSPS) is 26.4. The Balaban J connectivity index is 2.33. The van der Waals surface area contributed by atoms with Crippen LogP contribution in [0.4, 0.5) is 0 Å². The smallest absolute Gasteiger partial charge is 0.00698 e. The molecule has 0 spiro atoms. The minimum atomic E-state index is 0.553. The van der Waals surface area contributed by atoms with Crippen molar-refractivity contribution in [1.82, 2.24) is 5.32 Å². The molecule has 0 aliphatic heterocycles. The van der Waals surface area contributed by atoms with Gasteiger partial charge in [-0.05, 0) is 49.9 Å². The van der Waals surface area contributed by atoms with E-state index in [-0.39, 0.29) is 0 Å². The molecule has 1 rings (SSSR count). The first kappa shape index (κ1) is 17.0. The Morgan fingerprint density at radius 3 is 2.16 bits per heavy atom. The molecule has 1 unspecified atom stereocenters. The Morgan fingerprint density at radius 2 is 1.68 bits per heavy atom. The van der Waals surface area contributed by atoms with Crippen LogP contribution in [0, 0.1) is 11.3 Å². The Hall–Kier alpha value is -0.0400. The Kier molecular flexibility index (Phi) is 7.42. The van der Waals surface area contributed by atoms with Crippen LogP contribution in [0.2, 0.25) is 0 Å². The van der Waals surface area contributed by atoms with Gasteiger partial charge < -0.3 is 5.32 Å². The molecular weight excluding hydrogens is 230 g/mol. The van der Waals surface area contributed by atoms with Crippen molar-refractivity contribution in [3.05, 3.63) is 0 Å². The van der Waals surface area contributed by atoms with Crippen molar-refractivity contribution < 1.29 is 0 Å². The van der Waals surface area contributed by atoms with Crippen molar-refractivity contribution in [3.8, 4) is 0 Å². The van der Waals surface area contributed by atoms with Gasteiger partial charge in [-0.2, -0.15) is 0 Å². The predicted molar refractivity (Wildman–Crippen MR) is 86.6 cm³/mol. The summed E-state index contributed by atoms with van der Waals surface area (Å²) < 4.78 is 0. The topological polar surface area (TPSA) is 12.0 Å². The highest BCUT2D eigenvalue weighted by Crippen LogP contribution is 2.40. The maximum Gasteiger partial charge on any atom is 0.00698 e. The summed E-state index contributed by atoms with van der Waals surface area (Å²) in [5, 5.41) is 3.93. The third kappa shape index (κ3) is 5.45.